The minimum atomic E-state index is -0.679. The minimum absolute atomic E-state index is 0.0318. The van der Waals surface area contributed by atoms with E-state index < -0.39 is 11.2 Å². The number of rotatable bonds is 4. The first-order valence-electron chi connectivity index (χ1n) is 8.07. The van der Waals surface area contributed by atoms with Crippen molar-refractivity contribution in [3.63, 3.8) is 0 Å². The van der Waals surface area contributed by atoms with Crippen molar-refractivity contribution in [2.75, 3.05) is 7.05 Å². The van der Waals surface area contributed by atoms with Crippen LogP contribution in [0.3, 0.4) is 0 Å². The van der Waals surface area contributed by atoms with E-state index in [9.17, 15) is 19.6 Å². The summed E-state index contributed by atoms with van der Waals surface area (Å²) in [6, 6.07) is 11.3. The first-order chi connectivity index (χ1) is 12.0. The number of amides is 1. The monoisotopic (exact) mass is 338 g/mol. The predicted molar refractivity (Wildman–Crippen MR) is 90.9 cm³/mol. The number of likely N-dealkylation sites (N-methyl/N-ethyl adjacent to an activating group) is 1. The number of nitriles is 1. The molecule has 0 spiro atoms. The van der Waals surface area contributed by atoms with Crippen LogP contribution in [0.5, 0.6) is 0 Å². The number of benzene rings is 1. The van der Waals surface area contributed by atoms with Gasteiger partial charge in [-0.2, -0.15) is 5.26 Å². The fourth-order valence-electron chi connectivity index (χ4n) is 3.09. The summed E-state index contributed by atoms with van der Waals surface area (Å²) in [4.78, 5) is 38.9. The fourth-order valence-corrected chi connectivity index (χ4v) is 3.09. The van der Waals surface area contributed by atoms with Crippen molar-refractivity contribution in [1.82, 2.24) is 14.0 Å². The lowest BCUT2D eigenvalue weighted by Gasteiger charge is -2.18. The van der Waals surface area contributed by atoms with Gasteiger partial charge in [0.1, 0.15) is 18.2 Å². The number of fused-ring (bicyclic) bond motifs is 1. The van der Waals surface area contributed by atoms with Crippen molar-refractivity contribution >= 4 is 5.91 Å². The van der Waals surface area contributed by atoms with Crippen molar-refractivity contribution in [3.05, 3.63) is 68.0 Å². The van der Waals surface area contributed by atoms with Gasteiger partial charge in [0.15, 0.2) is 0 Å². The van der Waals surface area contributed by atoms with Crippen LogP contribution in [0.2, 0.25) is 0 Å². The molecule has 3 rings (SSSR count). The Kier molecular flexibility index (Phi) is 4.52. The summed E-state index contributed by atoms with van der Waals surface area (Å²) in [5.74, 6) is -0.356. The maximum absolute atomic E-state index is 12.5. The molecular weight excluding hydrogens is 320 g/mol. The first-order valence-corrected chi connectivity index (χ1v) is 8.07. The molecule has 0 atom stereocenters. The van der Waals surface area contributed by atoms with Crippen LogP contribution in [-0.4, -0.2) is 27.0 Å². The Hall–Kier alpha value is -3.14. The molecule has 0 unspecified atom stereocenters. The average molecular weight is 338 g/mol. The number of hydrogen-bond donors (Lipinski definition) is 0. The lowest BCUT2D eigenvalue weighted by molar-refractivity contribution is -0.131. The van der Waals surface area contributed by atoms with Gasteiger partial charge in [0.25, 0.3) is 5.56 Å². The predicted octanol–water partition coefficient (Wildman–Crippen LogP) is 0.486. The maximum Gasteiger partial charge on any atom is 0.331 e. The molecule has 7 nitrogen and oxygen atoms in total. The Labute approximate surface area is 144 Å². The molecule has 2 heterocycles. The van der Waals surface area contributed by atoms with Gasteiger partial charge in [-0.05, 0) is 18.4 Å². The molecular formula is C18H18N4O3. The van der Waals surface area contributed by atoms with Crippen molar-refractivity contribution in [1.29, 1.82) is 5.26 Å². The van der Waals surface area contributed by atoms with E-state index in [-0.39, 0.29) is 18.0 Å². The van der Waals surface area contributed by atoms with Gasteiger partial charge in [0.05, 0.1) is 0 Å². The molecule has 0 N–H and O–H groups in total. The van der Waals surface area contributed by atoms with E-state index in [4.69, 9.17) is 0 Å². The fraction of sp³-hybridized carbons (Fsp3) is 0.333. The van der Waals surface area contributed by atoms with Gasteiger partial charge in [-0.15, -0.1) is 0 Å². The van der Waals surface area contributed by atoms with Crippen molar-refractivity contribution in [2.45, 2.75) is 32.5 Å². The molecule has 1 aliphatic rings. The van der Waals surface area contributed by atoms with E-state index in [0.29, 0.717) is 25.2 Å². The number of aromatic nitrogens is 2. The van der Waals surface area contributed by atoms with Crippen LogP contribution in [0.1, 0.15) is 23.2 Å². The zero-order valence-corrected chi connectivity index (χ0v) is 13.9. The molecule has 128 valence electrons. The summed E-state index contributed by atoms with van der Waals surface area (Å²) in [6.07, 6.45) is 1.26. The highest BCUT2D eigenvalue weighted by Crippen LogP contribution is 2.13. The third-order valence-electron chi connectivity index (χ3n) is 4.42. The van der Waals surface area contributed by atoms with Crippen molar-refractivity contribution in [2.24, 2.45) is 0 Å². The zero-order valence-electron chi connectivity index (χ0n) is 13.9. The quantitative estimate of drug-likeness (QED) is 0.811. The lowest BCUT2D eigenvalue weighted by Crippen LogP contribution is -2.45. The summed E-state index contributed by atoms with van der Waals surface area (Å²) < 4.78 is 2.31. The van der Waals surface area contributed by atoms with Crippen LogP contribution in [0.25, 0.3) is 0 Å². The number of hydrogen-bond acceptors (Lipinski definition) is 4. The molecule has 0 saturated carbocycles. The molecule has 1 aromatic carbocycles. The molecule has 2 aromatic rings. The lowest BCUT2D eigenvalue weighted by atomic mass is 10.2. The second kappa shape index (κ2) is 6.77. The Balaban J connectivity index is 1.88. The summed E-state index contributed by atoms with van der Waals surface area (Å²) in [7, 11) is 1.62. The number of carbonyl (C=O) groups is 1. The topological polar surface area (TPSA) is 88.1 Å². The largest absolute Gasteiger partial charge is 0.340 e. The van der Waals surface area contributed by atoms with Crippen LogP contribution >= 0.6 is 0 Å². The molecule has 25 heavy (non-hydrogen) atoms. The van der Waals surface area contributed by atoms with E-state index in [1.807, 2.05) is 36.4 Å². The molecule has 0 radical (unpaired) electrons. The highest BCUT2D eigenvalue weighted by molar-refractivity contribution is 5.75. The first kappa shape index (κ1) is 16.7. The third kappa shape index (κ3) is 3.11. The summed E-state index contributed by atoms with van der Waals surface area (Å²) >= 11 is 0. The zero-order chi connectivity index (χ0) is 18.0. The molecule has 0 aliphatic carbocycles. The minimum Gasteiger partial charge on any atom is -0.340 e. The highest BCUT2D eigenvalue weighted by atomic mass is 16.2. The molecule has 1 aromatic heterocycles. The summed E-state index contributed by atoms with van der Waals surface area (Å²) in [6.45, 7) is 0.485. The van der Waals surface area contributed by atoms with E-state index in [1.165, 1.54) is 9.47 Å². The van der Waals surface area contributed by atoms with Gasteiger partial charge in [-0.25, -0.2) is 9.36 Å². The third-order valence-corrected chi connectivity index (χ3v) is 4.42. The van der Waals surface area contributed by atoms with Crippen LogP contribution in [0, 0.1) is 11.3 Å². The number of nitrogens with zero attached hydrogens (tertiary/aromatic N) is 4. The van der Waals surface area contributed by atoms with Crippen LogP contribution in [0.15, 0.2) is 39.9 Å². The standard InChI is InChI=1S/C18H18N4O3/c1-20(11-13-6-3-2-4-7-13)16(23)12-22-17(24)14(10-19)15-8-5-9-21(15)18(22)25/h2-4,6-7H,5,8-9,11-12H2,1H3. The average Bonchev–Trinajstić information content (AvgIpc) is 3.09. The van der Waals surface area contributed by atoms with Gasteiger partial charge in [-0.1, -0.05) is 30.3 Å². The smallest absolute Gasteiger partial charge is 0.331 e. The van der Waals surface area contributed by atoms with Gasteiger partial charge in [-0.3, -0.25) is 14.2 Å². The van der Waals surface area contributed by atoms with Crippen LogP contribution < -0.4 is 11.2 Å². The van der Waals surface area contributed by atoms with Crippen LogP contribution in [0.4, 0.5) is 0 Å². The second-order valence-corrected chi connectivity index (χ2v) is 6.10. The maximum atomic E-state index is 12.5. The van der Waals surface area contributed by atoms with Gasteiger partial charge in [0.2, 0.25) is 5.91 Å². The van der Waals surface area contributed by atoms with Crippen LogP contribution in [-0.2, 0) is 30.8 Å². The normalized spacial score (nSPS) is 12.5. The number of carbonyl (C=O) groups excluding carboxylic acids is 1. The Morgan fingerprint density at radius 1 is 1.28 bits per heavy atom. The van der Waals surface area contributed by atoms with Crippen molar-refractivity contribution in [3.8, 4) is 6.07 Å². The van der Waals surface area contributed by atoms with E-state index in [2.05, 4.69) is 0 Å². The van der Waals surface area contributed by atoms with Gasteiger partial charge in [0, 0.05) is 25.8 Å². The molecule has 1 amide bonds. The van der Waals surface area contributed by atoms with Gasteiger partial charge >= 0.3 is 5.69 Å². The van der Waals surface area contributed by atoms with E-state index >= 15 is 0 Å². The molecule has 0 bridgehead atoms. The summed E-state index contributed by atoms with van der Waals surface area (Å²) in [5, 5.41) is 9.26. The van der Waals surface area contributed by atoms with E-state index in [1.54, 1.807) is 7.05 Å². The Bertz CT molecular complexity index is 967. The molecule has 1 aliphatic heterocycles. The second-order valence-electron chi connectivity index (χ2n) is 6.10. The highest BCUT2D eigenvalue weighted by Gasteiger charge is 2.24. The van der Waals surface area contributed by atoms with Crippen molar-refractivity contribution < 1.29 is 4.79 Å². The summed E-state index contributed by atoms with van der Waals surface area (Å²) in [5.41, 5.74) is 0.212. The molecule has 0 fully saturated rings. The Morgan fingerprint density at radius 3 is 2.68 bits per heavy atom. The molecule has 7 heteroatoms. The van der Waals surface area contributed by atoms with E-state index in [0.717, 1.165) is 16.6 Å². The Morgan fingerprint density at radius 2 is 2.00 bits per heavy atom. The molecule has 0 saturated heterocycles. The SMILES string of the molecule is CN(Cc1ccccc1)C(=O)Cn1c(=O)c(C#N)c2n(c1=O)CCC2. The van der Waals surface area contributed by atoms with Gasteiger partial charge < -0.3 is 4.90 Å².